The molecule has 0 aliphatic carbocycles. The van der Waals surface area contributed by atoms with E-state index < -0.39 is 5.97 Å². The molecule has 4 nitrogen and oxygen atoms in total. The van der Waals surface area contributed by atoms with E-state index in [1.165, 1.54) is 0 Å². The molecule has 0 saturated heterocycles. The van der Waals surface area contributed by atoms with Gasteiger partial charge in [-0.15, -0.1) is 12.6 Å². The Hall–Kier alpha value is -3.57. The van der Waals surface area contributed by atoms with E-state index in [0.717, 1.165) is 45.5 Å². The maximum Gasteiger partial charge on any atom is 0.343 e. The van der Waals surface area contributed by atoms with Gasteiger partial charge in [0, 0.05) is 11.1 Å². The number of unbranched alkanes of at least 4 members (excludes halogenated alkanes) is 1. The van der Waals surface area contributed by atoms with Crippen LogP contribution >= 0.6 is 12.6 Å². The summed E-state index contributed by atoms with van der Waals surface area (Å²) in [6, 6.07) is 26.3. The van der Waals surface area contributed by atoms with Gasteiger partial charge in [0.15, 0.2) is 0 Å². The van der Waals surface area contributed by atoms with Crippen molar-refractivity contribution in [1.82, 2.24) is 0 Å². The molecule has 0 spiro atoms. The highest BCUT2D eigenvalue weighted by Crippen LogP contribution is 2.31. The lowest BCUT2D eigenvalue weighted by molar-refractivity contribution is 0.0734. The number of thiol groups is 1. The summed E-state index contributed by atoms with van der Waals surface area (Å²) in [6.45, 7) is 2.79. The normalized spacial score (nSPS) is 11.1. The van der Waals surface area contributed by atoms with Crippen LogP contribution in [0, 0.1) is 0 Å². The predicted octanol–water partition coefficient (Wildman–Crippen LogP) is 7.28. The van der Waals surface area contributed by atoms with Gasteiger partial charge in [0.25, 0.3) is 0 Å². The molecule has 5 heteroatoms. The number of ether oxygens (including phenoxy) is 2. The summed E-state index contributed by atoms with van der Waals surface area (Å²) in [5.74, 6) is 0.813. The zero-order valence-electron chi connectivity index (χ0n) is 18.4. The topological polar surface area (TPSA) is 47.9 Å². The Morgan fingerprint density at radius 2 is 1.64 bits per heavy atom. The van der Waals surface area contributed by atoms with Gasteiger partial charge in [-0.25, -0.2) is 4.79 Å². The number of aliphatic imine (C=N–C) groups is 1. The largest absolute Gasteiger partial charge is 0.494 e. The fourth-order valence-electron chi connectivity index (χ4n) is 3.30. The lowest BCUT2D eigenvalue weighted by atomic mass is 10.1. The van der Waals surface area contributed by atoms with Crippen LogP contribution in [-0.2, 0) is 0 Å². The summed E-state index contributed by atoms with van der Waals surface area (Å²) in [6.07, 6.45) is 3.85. The van der Waals surface area contributed by atoms with Gasteiger partial charge in [-0.1, -0.05) is 43.7 Å². The van der Waals surface area contributed by atoms with Crippen LogP contribution in [0.5, 0.6) is 11.5 Å². The van der Waals surface area contributed by atoms with Crippen molar-refractivity contribution in [1.29, 1.82) is 0 Å². The van der Waals surface area contributed by atoms with Gasteiger partial charge >= 0.3 is 5.97 Å². The first-order valence-electron chi connectivity index (χ1n) is 10.9. The SMILES string of the molecule is CCCCOc1ccc(C(=O)Oc2ccc(C=Nc3ccc4ccccc4c3S)cc2)cc1. The second-order valence-electron chi connectivity index (χ2n) is 7.60. The Labute approximate surface area is 199 Å². The molecule has 4 rings (SSSR count). The first-order chi connectivity index (χ1) is 16.1. The van der Waals surface area contributed by atoms with Crippen molar-refractivity contribution in [2.45, 2.75) is 24.7 Å². The zero-order valence-corrected chi connectivity index (χ0v) is 19.3. The van der Waals surface area contributed by atoms with Crippen LogP contribution in [0.1, 0.15) is 35.7 Å². The number of benzene rings is 4. The van der Waals surface area contributed by atoms with E-state index in [0.29, 0.717) is 17.9 Å². The Bertz CT molecular complexity index is 1260. The highest BCUT2D eigenvalue weighted by Gasteiger charge is 2.09. The first-order valence-corrected chi connectivity index (χ1v) is 11.4. The molecule has 0 fully saturated rings. The standard InChI is InChI=1S/C28H25NO3S/c1-2-3-18-31-23-15-10-22(11-16-23)28(30)32-24-13-8-20(9-14-24)19-29-26-17-12-21-6-4-5-7-25(21)27(26)33/h4-17,19,33H,2-3,18H2,1H3. The number of esters is 1. The predicted molar refractivity (Wildman–Crippen MR) is 137 cm³/mol. The number of fused-ring (bicyclic) bond motifs is 1. The number of hydrogen-bond acceptors (Lipinski definition) is 5. The van der Waals surface area contributed by atoms with Crippen LogP contribution in [0.3, 0.4) is 0 Å². The molecule has 33 heavy (non-hydrogen) atoms. The van der Waals surface area contributed by atoms with Crippen molar-refractivity contribution in [3.63, 3.8) is 0 Å². The van der Waals surface area contributed by atoms with Crippen molar-refractivity contribution < 1.29 is 14.3 Å². The van der Waals surface area contributed by atoms with Crippen molar-refractivity contribution in [2.24, 2.45) is 4.99 Å². The Morgan fingerprint density at radius 3 is 2.39 bits per heavy atom. The molecule has 0 heterocycles. The highest BCUT2D eigenvalue weighted by atomic mass is 32.1. The molecule has 0 atom stereocenters. The molecule has 0 amide bonds. The van der Waals surface area contributed by atoms with Gasteiger partial charge in [-0.2, -0.15) is 0 Å². The molecule has 0 N–H and O–H groups in total. The zero-order chi connectivity index (χ0) is 23.0. The van der Waals surface area contributed by atoms with E-state index in [1.54, 1.807) is 42.6 Å². The van der Waals surface area contributed by atoms with E-state index in [-0.39, 0.29) is 0 Å². The lowest BCUT2D eigenvalue weighted by Crippen LogP contribution is -2.08. The van der Waals surface area contributed by atoms with Crippen molar-refractivity contribution in [3.8, 4) is 11.5 Å². The average molecular weight is 456 g/mol. The van der Waals surface area contributed by atoms with Crippen LogP contribution in [0.25, 0.3) is 10.8 Å². The second-order valence-corrected chi connectivity index (χ2v) is 8.04. The minimum atomic E-state index is -0.410. The smallest absolute Gasteiger partial charge is 0.343 e. The third kappa shape index (κ3) is 5.82. The molecule has 0 saturated carbocycles. The summed E-state index contributed by atoms with van der Waals surface area (Å²) < 4.78 is 11.1. The van der Waals surface area contributed by atoms with Gasteiger partial charge in [0.2, 0.25) is 0 Å². The number of carbonyl (C=O) groups is 1. The second kappa shape index (κ2) is 10.8. The van der Waals surface area contributed by atoms with Gasteiger partial charge in [-0.3, -0.25) is 4.99 Å². The summed E-state index contributed by atoms with van der Waals surface area (Å²) >= 11 is 4.65. The van der Waals surface area contributed by atoms with Gasteiger partial charge < -0.3 is 9.47 Å². The van der Waals surface area contributed by atoms with Crippen molar-refractivity contribution >= 4 is 41.3 Å². The van der Waals surface area contributed by atoms with E-state index in [4.69, 9.17) is 9.47 Å². The maximum atomic E-state index is 12.4. The van der Waals surface area contributed by atoms with Gasteiger partial charge in [0.05, 0.1) is 17.9 Å². The van der Waals surface area contributed by atoms with E-state index in [2.05, 4.69) is 30.6 Å². The van der Waals surface area contributed by atoms with Crippen LogP contribution in [0.4, 0.5) is 5.69 Å². The van der Waals surface area contributed by atoms with E-state index in [9.17, 15) is 4.79 Å². The molecule has 0 radical (unpaired) electrons. The minimum absolute atomic E-state index is 0.410. The van der Waals surface area contributed by atoms with Crippen LogP contribution in [0.2, 0.25) is 0 Å². The third-order valence-corrected chi connectivity index (χ3v) is 5.65. The number of hydrogen-bond donors (Lipinski definition) is 1. The monoisotopic (exact) mass is 455 g/mol. The van der Waals surface area contributed by atoms with E-state index in [1.807, 2.05) is 42.5 Å². The molecule has 0 aliphatic heterocycles. The summed E-state index contributed by atoms with van der Waals surface area (Å²) in [4.78, 5) is 17.9. The van der Waals surface area contributed by atoms with Crippen molar-refractivity contribution in [3.05, 3.63) is 96.1 Å². The highest BCUT2D eigenvalue weighted by molar-refractivity contribution is 7.80. The fourth-order valence-corrected chi connectivity index (χ4v) is 3.64. The molecule has 0 bridgehead atoms. The molecule has 0 aliphatic rings. The third-order valence-electron chi connectivity index (χ3n) is 5.18. The maximum absolute atomic E-state index is 12.4. The number of nitrogens with zero attached hydrogens (tertiary/aromatic N) is 1. The molecule has 166 valence electrons. The quantitative estimate of drug-likeness (QED) is 0.0998. The first kappa shape index (κ1) is 22.6. The Balaban J connectivity index is 1.38. The molecule has 0 aromatic heterocycles. The lowest BCUT2D eigenvalue weighted by Gasteiger charge is -2.07. The summed E-state index contributed by atoms with van der Waals surface area (Å²) in [7, 11) is 0. The Kier molecular flexibility index (Phi) is 7.43. The van der Waals surface area contributed by atoms with Crippen LogP contribution < -0.4 is 9.47 Å². The minimum Gasteiger partial charge on any atom is -0.494 e. The van der Waals surface area contributed by atoms with Crippen LogP contribution in [0.15, 0.2) is 94.8 Å². The van der Waals surface area contributed by atoms with Gasteiger partial charge in [-0.05, 0) is 77.4 Å². The molecule has 4 aromatic rings. The Morgan fingerprint density at radius 1 is 0.909 bits per heavy atom. The van der Waals surface area contributed by atoms with Crippen molar-refractivity contribution in [2.75, 3.05) is 6.61 Å². The average Bonchev–Trinajstić information content (AvgIpc) is 2.85. The summed E-state index contributed by atoms with van der Waals surface area (Å²) in [5, 5.41) is 2.20. The van der Waals surface area contributed by atoms with E-state index >= 15 is 0 Å². The molecular weight excluding hydrogens is 430 g/mol. The van der Waals surface area contributed by atoms with Crippen LogP contribution in [-0.4, -0.2) is 18.8 Å². The molecular formula is C28H25NO3S. The molecule has 0 unspecified atom stereocenters. The number of rotatable bonds is 8. The molecule has 4 aromatic carbocycles. The summed E-state index contributed by atoms with van der Waals surface area (Å²) in [5.41, 5.74) is 2.17. The number of carbonyl (C=O) groups excluding carboxylic acids is 1. The van der Waals surface area contributed by atoms with Gasteiger partial charge in [0.1, 0.15) is 11.5 Å². The fraction of sp³-hybridized carbons (Fsp3) is 0.143.